The van der Waals surface area contributed by atoms with E-state index in [0.29, 0.717) is 24.0 Å². The second-order valence-electron chi connectivity index (χ2n) is 7.43. The number of para-hydroxylation sites is 2. The highest BCUT2D eigenvalue weighted by atomic mass is 16.6. The van der Waals surface area contributed by atoms with E-state index >= 15 is 0 Å². The fraction of sp³-hybridized carbons (Fsp3) is 0.667. The average Bonchev–Trinajstić information content (AvgIpc) is 3.02. The summed E-state index contributed by atoms with van der Waals surface area (Å²) in [6, 6.07) is 7.56. The second-order valence-corrected chi connectivity index (χ2v) is 7.43. The summed E-state index contributed by atoms with van der Waals surface area (Å²) in [5.41, 5.74) is 0.676. The first-order valence-electron chi connectivity index (χ1n) is 9.94. The average molecular weight is 363 g/mol. The standard InChI is InChI=1S/C21H34N2O3/c1-4-5-6-9-15-25-20-13-8-7-12-18(20)22-21(24)26-19-14-10-11-17(19)16-23(2)3/h7-8,12-13,17,19H,4-6,9-11,14-16H2,1-3H3,(H,22,24)/t17-,19+/m0/s1. The number of unbranched alkanes of at least 4 members (excludes halogenated alkanes) is 3. The van der Waals surface area contributed by atoms with E-state index in [1.54, 1.807) is 0 Å². The van der Waals surface area contributed by atoms with Crippen LogP contribution < -0.4 is 10.1 Å². The number of amides is 1. The maximum atomic E-state index is 12.4. The highest BCUT2D eigenvalue weighted by molar-refractivity contribution is 5.86. The van der Waals surface area contributed by atoms with Crippen molar-refractivity contribution in [1.29, 1.82) is 0 Å². The van der Waals surface area contributed by atoms with E-state index < -0.39 is 0 Å². The first-order valence-corrected chi connectivity index (χ1v) is 9.94. The van der Waals surface area contributed by atoms with Gasteiger partial charge in [-0.25, -0.2) is 4.79 Å². The fourth-order valence-corrected chi connectivity index (χ4v) is 3.52. The third kappa shape index (κ3) is 6.87. The molecule has 0 heterocycles. The quantitative estimate of drug-likeness (QED) is 0.600. The maximum Gasteiger partial charge on any atom is 0.412 e. The number of rotatable bonds is 10. The molecule has 0 bridgehead atoms. The van der Waals surface area contributed by atoms with Crippen LogP contribution in [0.1, 0.15) is 51.9 Å². The molecule has 1 aliphatic carbocycles. The van der Waals surface area contributed by atoms with Gasteiger partial charge in [-0.1, -0.05) is 38.3 Å². The van der Waals surface area contributed by atoms with Gasteiger partial charge in [0, 0.05) is 12.5 Å². The number of ether oxygens (including phenoxy) is 2. The van der Waals surface area contributed by atoms with E-state index in [1.165, 1.54) is 19.3 Å². The van der Waals surface area contributed by atoms with Crippen LogP contribution in [0.4, 0.5) is 10.5 Å². The monoisotopic (exact) mass is 362 g/mol. The maximum absolute atomic E-state index is 12.4. The first-order chi connectivity index (χ1) is 12.6. The zero-order valence-electron chi connectivity index (χ0n) is 16.5. The van der Waals surface area contributed by atoms with Crippen LogP contribution in [0, 0.1) is 5.92 Å². The number of carbonyl (C=O) groups is 1. The Balaban J connectivity index is 1.84. The molecule has 1 N–H and O–H groups in total. The summed E-state index contributed by atoms with van der Waals surface area (Å²) in [4.78, 5) is 14.5. The molecule has 0 aliphatic heterocycles. The van der Waals surface area contributed by atoms with E-state index in [2.05, 4.69) is 31.2 Å². The van der Waals surface area contributed by atoms with Crippen LogP contribution in [0.2, 0.25) is 0 Å². The van der Waals surface area contributed by atoms with E-state index in [9.17, 15) is 4.79 Å². The molecule has 1 aromatic rings. The number of hydrogen-bond donors (Lipinski definition) is 1. The SMILES string of the molecule is CCCCCCOc1ccccc1NC(=O)O[C@@H]1CCC[C@H]1CN(C)C. The molecule has 5 nitrogen and oxygen atoms in total. The summed E-state index contributed by atoms with van der Waals surface area (Å²) in [6.45, 7) is 3.82. The predicted molar refractivity (Wildman–Crippen MR) is 106 cm³/mol. The Labute approximate surface area is 158 Å². The molecule has 0 spiro atoms. The van der Waals surface area contributed by atoms with Crippen LogP contribution in [0.15, 0.2) is 24.3 Å². The topological polar surface area (TPSA) is 50.8 Å². The Morgan fingerprint density at radius 1 is 1.19 bits per heavy atom. The lowest BCUT2D eigenvalue weighted by Gasteiger charge is -2.23. The Bertz CT molecular complexity index is 548. The van der Waals surface area contributed by atoms with Crippen molar-refractivity contribution in [1.82, 2.24) is 4.90 Å². The number of anilines is 1. The van der Waals surface area contributed by atoms with Crippen molar-refractivity contribution in [3.05, 3.63) is 24.3 Å². The fourth-order valence-electron chi connectivity index (χ4n) is 3.52. The van der Waals surface area contributed by atoms with Gasteiger partial charge < -0.3 is 14.4 Å². The number of nitrogens with one attached hydrogen (secondary N) is 1. The van der Waals surface area contributed by atoms with Crippen molar-refractivity contribution in [3.63, 3.8) is 0 Å². The zero-order chi connectivity index (χ0) is 18.8. The largest absolute Gasteiger partial charge is 0.491 e. The van der Waals surface area contributed by atoms with Gasteiger partial charge in [0.25, 0.3) is 0 Å². The molecule has 2 rings (SSSR count). The summed E-state index contributed by atoms with van der Waals surface area (Å²) in [7, 11) is 4.12. The summed E-state index contributed by atoms with van der Waals surface area (Å²) in [5, 5.41) is 2.86. The molecule has 2 atom stereocenters. The van der Waals surface area contributed by atoms with E-state index in [4.69, 9.17) is 9.47 Å². The van der Waals surface area contributed by atoms with Crippen molar-refractivity contribution >= 4 is 11.8 Å². The number of nitrogens with zero attached hydrogens (tertiary/aromatic N) is 1. The molecule has 1 amide bonds. The minimum absolute atomic E-state index is 0.000440. The van der Waals surface area contributed by atoms with Gasteiger partial charge in [-0.05, 0) is 51.9 Å². The lowest BCUT2D eigenvalue weighted by Crippen LogP contribution is -2.31. The predicted octanol–water partition coefficient (Wildman–Crippen LogP) is 4.92. The van der Waals surface area contributed by atoms with Crippen LogP contribution in [0.5, 0.6) is 5.75 Å². The van der Waals surface area contributed by atoms with Crippen LogP contribution >= 0.6 is 0 Å². The molecule has 0 aromatic heterocycles. The van der Waals surface area contributed by atoms with E-state index in [1.807, 2.05) is 24.3 Å². The van der Waals surface area contributed by atoms with Gasteiger partial charge in [-0.2, -0.15) is 0 Å². The van der Waals surface area contributed by atoms with E-state index in [-0.39, 0.29) is 12.2 Å². The molecule has 5 heteroatoms. The van der Waals surface area contributed by atoms with Gasteiger partial charge in [0.15, 0.2) is 0 Å². The number of carbonyl (C=O) groups excluding carboxylic acids is 1. The molecule has 1 fully saturated rings. The highest BCUT2D eigenvalue weighted by Gasteiger charge is 2.30. The second kappa shape index (κ2) is 11.1. The van der Waals surface area contributed by atoms with Crippen LogP contribution in [0.3, 0.4) is 0 Å². The van der Waals surface area contributed by atoms with Gasteiger partial charge in [0.1, 0.15) is 11.9 Å². The third-order valence-corrected chi connectivity index (χ3v) is 4.83. The summed E-state index contributed by atoms with van der Waals surface area (Å²) < 4.78 is 11.6. The Kier molecular flexibility index (Phi) is 8.75. The van der Waals surface area contributed by atoms with Gasteiger partial charge >= 0.3 is 6.09 Å². The summed E-state index contributed by atoms with van der Waals surface area (Å²) in [6.07, 6.45) is 7.43. The Hall–Kier alpha value is -1.75. The summed E-state index contributed by atoms with van der Waals surface area (Å²) >= 11 is 0. The molecule has 26 heavy (non-hydrogen) atoms. The molecule has 1 aromatic carbocycles. The normalized spacial score (nSPS) is 19.5. The minimum atomic E-state index is -0.386. The molecule has 0 saturated heterocycles. The Morgan fingerprint density at radius 2 is 2.00 bits per heavy atom. The molecular weight excluding hydrogens is 328 g/mol. The lowest BCUT2D eigenvalue weighted by molar-refractivity contribution is 0.0780. The van der Waals surface area contributed by atoms with Gasteiger partial charge in [-0.15, -0.1) is 0 Å². The molecule has 0 radical (unpaired) electrons. The first kappa shape index (κ1) is 20.6. The van der Waals surface area contributed by atoms with Crippen molar-refractivity contribution in [2.45, 2.75) is 58.0 Å². The van der Waals surface area contributed by atoms with Crippen molar-refractivity contribution in [2.75, 3.05) is 32.6 Å². The number of benzene rings is 1. The molecule has 1 aliphatic rings. The van der Waals surface area contributed by atoms with Crippen molar-refractivity contribution in [2.24, 2.45) is 5.92 Å². The highest BCUT2D eigenvalue weighted by Crippen LogP contribution is 2.30. The zero-order valence-corrected chi connectivity index (χ0v) is 16.5. The van der Waals surface area contributed by atoms with Crippen LogP contribution in [-0.4, -0.2) is 44.3 Å². The molecule has 146 valence electrons. The van der Waals surface area contributed by atoms with Crippen molar-refractivity contribution < 1.29 is 14.3 Å². The molecule has 1 saturated carbocycles. The number of hydrogen-bond acceptors (Lipinski definition) is 4. The van der Waals surface area contributed by atoms with Crippen LogP contribution in [0.25, 0.3) is 0 Å². The third-order valence-electron chi connectivity index (χ3n) is 4.83. The van der Waals surface area contributed by atoms with Crippen molar-refractivity contribution in [3.8, 4) is 5.75 Å². The van der Waals surface area contributed by atoms with Gasteiger partial charge in [0.05, 0.1) is 12.3 Å². The molecule has 0 unspecified atom stereocenters. The van der Waals surface area contributed by atoms with Gasteiger partial charge in [-0.3, -0.25) is 5.32 Å². The lowest BCUT2D eigenvalue weighted by atomic mass is 10.1. The summed E-state index contributed by atoms with van der Waals surface area (Å²) in [5.74, 6) is 1.12. The van der Waals surface area contributed by atoms with E-state index in [0.717, 1.165) is 32.2 Å². The van der Waals surface area contributed by atoms with Gasteiger partial charge in [0.2, 0.25) is 0 Å². The Morgan fingerprint density at radius 3 is 2.77 bits per heavy atom. The smallest absolute Gasteiger partial charge is 0.412 e. The van der Waals surface area contributed by atoms with Crippen LogP contribution in [-0.2, 0) is 4.74 Å². The minimum Gasteiger partial charge on any atom is -0.491 e. The molecular formula is C21H34N2O3.